The van der Waals surface area contributed by atoms with Crippen molar-refractivity contribution in [2.45, 2.75) is 19.4 Å². The third-order valence-corrected chi connectivity index (χ3v) is 1.79. The van der Waals surface area contributed by atoms with Crippen molar-refractivity contribution in [3.8, 4) is 0 Å². The van der Waals surface area contributed by atoms with Crippen LogP contribution in [0.1, 0.15) is 13.3 Å². The zero-order valence-corrected chi connectivity index (χ0v) is 8.63. The van der Waals surface area contributed by atoms with Crippen molar-refractivity contribution in [2.75, 3.05) is 11.5 Å². The molecule has 10 heavy (non-hydrogen) atoms. The van der Waals surface area contributed by atoms with Gasteiger partial charge in [-0.1, -0.05) is 19.1 Å². The van der Waals surface area contributed by atoms with Gasteiger partial charge in [-0.3, -0.25) is 0 Å². The highest BCUT2D eigenvalue weighted by atomic mass is 32.1. The highest BCUT2D eigenvalue weighted by Gasteiger charge is 1.87. The first-order valence-corrected chi connectivity index (χ1v) is 4.81. The van der Waals surface area contributed by atoms with Gasteiger partial charge in [0.1, 0.15) is 0 Å². The highest BCUT2D eigenvalue weighted by molar-refractivity contribution is 7.84. The topological polar surface area (TPSA) is 20.2 Å². The molecule has 0 amide bonds. The van der Waals surface area contributed by atoms with Crippen LogP contribution in [0, 0.1) is 0 Å². The summed E-state index contributed by atoms with van der Waals surface area (Å²) in [5.41, 5.74) is 0. The van der Waals surface area contributed by atoms with Gasteiger partial charge in [0, 0.05) is 5.37 Å². The normalized spacial score (nSPS) is 11.2. The first kappa shape index (κ1) is 13.3. The largest absolute Gasteiger partial charge is 0.388 e. The van der Waals surface area contributed by atoms with Gasteiger partial charge in [-0.15, -0.1) is 0 Å². The molecular weight excluding hydrogens is 184 g/mol. The fourth-order valence-corrected chi connectivity index (χ4v) is 0.289. The van der Waals surface area contributed by atoms with Crippen LogP contribution >= 0.6 is 37.5 Å². The van der Waals surface area contributed by atoms with E-state index >= 15 is 0 Å². The number of aliphatic hydroxyl groups is 1. The Bertz CT molecular complexity index is 66.0. The van der Waals surface area contributed by atoms with Crippen molar-refractivity contribution in [2.24, 2.45) is 0 Å². The second-order valence-corrected chi connectivity index (χ2v) is 2.73. The van der Waals surface area contributed by atoms with Gasteiger partial charge in [0.2, 0.25) is 0 Å². The average Bonchev–Trinajstić information content (AvgIpc) is 2.03. The summed E-state index contributed by atoms with van der Waals surface area (Å²) in [6.45, 7) is 1.88. The van der Waals surface area contributed by atoms with Crippen LogP contribution in [0.15, 0.2) is 0 Å². The Morgan fingerprint density at radius 1 is 1.50 bits per heavy atom. The van der Waals surface area contributed by atoms with E-state index in [1.54, 1.807) is 0 Å². The van der Waals surface area contributed by atoms with Crippen molar-refractivity contribution in [1.29, 1.82) is 0 Å². The third-order valence-electron chi connectivity index (χ3n) is 0.675. The molecule has 0 aliphatic heterocycles. The lowest BCUT2D eigenvalue weighted by molar-refractivity contribution is 0.244. The minimum atomic E-state index is -0.375. The van der Waals surface area contributed by atoms with Crippen LogP contribution in [0.5, 0.6) is 0 Å². The van der Waals surface area contributed by atoms with Gasteiger partial charge in [-0.05, 0) is 17.9 Å². The van der Waals surface area contributed by atoms with Crippen LogP contribution in [0.25, 0.3) is 0 Å². The van der Waals surface area contributed by atoms with E-state index in [1.807, 2.05) is 6.92 Å². The van der Waals surface area contributed by atoms with Gasteiger partial charge in [0.05, 0.1) is 6.10 Å². The second kappa shape index (κ2) is 12.4. The van der Waals surface area contributed by atoms with Crippen molar-refractivity contribution < 1.29 is 5.11 Å². The fourth-order valence-electron chi connectivity index (χ4n) is 0.0962. The molecule has 0 aromatic carbocycles. The van der Waals surface area contributed by atoms with Gasteiger partial charge < -0.3 is 5.11 Å². The Morgan fingerprint density at radius 3 is 1.90 bits per heavy atom. The Hall–Kier alpha value is 0.750. The minimum Gasteiger partial charge on any atom is -0.388 e. The molecule has 1 N–H and O–H groups in total. The highest BCUT2D eigenvalue weighted by Crippen LogP contribution is 1.81. The van der Waals surface area contributed by atoms with Gasteiger partial charge >= 0.3 is 0 Å². The first-order chi connectivity index (χ1) is 4.72. The predicted octanol–water partition coefficient (Wildman–Crippen LogP) is 1.60. The van der Waals surface area contributed by atoms with Crippen LogP contribution in [-0.2, 0) is 0 Å². The molecule has 0 fully saturated rings. The van der Waals surface area contributed by atoms with Gasteiger partial charge in [0.25, 0.3) is 0 Å². The molecule has 0 rings (SSSR count). The molecule has 0 radical (unpaired) electrons. The van der Waals surface area contributed by atoms with E-state index in [0.717, 1.165) is 17.9 Å². The average molecular weight is 198 g/mol. The molecule has 0 aromatic heterocycles. The first-order valence-electron chi connectivity index (χ1n) is 3.08. The summed E-state index contributed by atoms with van der Waals surface area (Å²) < 4.78 is 0. The maximum absolute atomic E-state index is 8.51. The smallest absolute Gasteiger partial charge is 0.0820 e. The van der Waals surface area contributed by atoms with Gasteiger partial charge in [-0.25, -0.2) is 0 Å². The molecular formula is C6H14OS3. The summed E-state index contributed by atoms with van der Waals surface area (Å²) >= 11 is 12.1. The molecule has 0 saturated heterocycles. The SMILES string of the molecule is CCC(O)C=S.SCCS. The molecule has 62 valence electrons. The summed E-state index contributed by atoms with van der Waals surface area (Å²) in [7, 11) is 0. The summed E-state index contributed by atoms with van der Waals surface area (Å²) in [5.74, 6) is 1.76. The molecule has 0 aromatic rings. The number of aliphatic hydroxyl groups excluding tert-OH is 1. The molecule has 1 nitrogen and oxygen atoms in total. The Morgan fingerprint density at radius 2 is 1.90 bits per heavy atom. The molecule has 0 aliphatic rings. The van der Waals surface area contributed by atoms with Crippen molar-refractivity contribution in [3.63, 3.8) is 0 Å². The number of thiol groups is 2. The lowest BCUT2D eigenvalue weighted by Crippen LogP contribution is -2.02. The van der Waals surface area contributed by atoms with E-state index in [0.29, 0.717) is 0 Å². The molecule has 1 unspecified atom stereocenters. The number of thiocarbonyl (C=S) groups is 1. The Labute approximate surface area is 79.0 Å². The maximum Gasteiger partial charge on any atom is 0.0820 e. The van der Waals surface area contributed by atoms with Crippen LogP contribution in [0.4, 0.5) is 0 Å². The molecule has 0 heterocycles. The van der Waals surface area contributed by atoms with E-state index in [1.165, 1.54) is 5.37 Å². The summed E-state index contributed by atoms with van der Waals surface area (Å²) in [4.78, 5) is 0. The van der Waals surface area contributed by atoms with E-state index in [2.05, 4.69) is 37.5 Å². The zero-order chi connectivity index (χ0) is 8.41. The van der Waals surface area contributed by atoms with Crippen molar-refractivity contribution in [1.82, 2.24) is 0 Å². The summed E-state index contributed by atoms with van der Waals surface area (Å²) in [6, 6.07) is 0. The monoisotopic (exact) mass is 198 g/mol. The van der Waals surface area contributed by atoms with E-state index in [4.69, 9.17) is 5.11 Å². The van der Waals surface area contributed by atoms with Crippen LogP contribution < -0.4 is 0 Å². The molecule has 0 saturated carbocycles. The predicted molar refractivity (Wildman–Crippen MR) is 57.7 cm³/mol. The maximum atomic E-state index is 8.51. The molecule has 0 spiro atoms. The minimum absolute atomic E-state index is 0.375. The molecule has 0 aliphatic carbocycles. The quantitative estimate of drug-likeness (QED) is 0.473. The lowest BCUT2D eigenvalue weighted by Gasteiger charge is -1.92. The van der Waals surface area contributed by atoms with Crippen LogP contribution in [-0.4, -0.2) is 28.1 Å². The Balaban J connectivity index is 0. The van der Waals surface area contributed by atoms with Crippen LogP contribution in [0.2, 0.25) is 0 Å². The van der Waals surface area contributed by atoms with Crippen molar-refractivity contribution in [3.05, 3.63) is 0 Å². The number of hydrogen-bond acceptors (Lipinski definition) is 4. The second-order valence-electron chi connectivity index (χ2n) is 1.56. The molecule has 1 atom stereocenters. The third kappa shape index (κ3) is 15.9. The van der Waals surface area contributed by atoms with E-state index in [-0.39, 0.29) is 6.10 Å². The van der Waals surface area contributed by atoms with Crippen molar-refractivity contribution >= 4 is 42.8 Å². The number of hydrogen-bond donors (Lipinski definition) is 3. The van der Waals surface area contributed by atoms with E-state index in [9.17, 15) is 0 Å². The zero-order valence-electron chi connectivity index (χ0n) is 6.03. The van der Waals surface area contributed by atoms with Gasteiger partial charge in [-0.2, -0.15) is 25.3 Å². The van der Waals surface area contributed by atoms with E-state index < -0.39 is 0 Å². The lowest BCUT2D eigenvalue weighted by atomic mass is 10.3. The summed E-state index contributed by atoms with van der Waals surface area (Å²) in [6.07, 6.45) is 0.351. The fraction of sp³-hybridized carbons (Fsp3) is 0.833. The Kier molecular flexibility index (Phi) is 16.6. The van der Waals surface area contributed by atoms with Crippen LogP contribution in [0.3, 0.4) is 0 Å². The number of rotatable bonds is 3. The van der Waals surface area contributed by atoms with Gasteiger partial charge in [0.15, 0.2) is 0 Å². The standard InChI is InChI=1S/C4H8OS.C2H6S2/c1-2-4(5)3-6;3-1-2-4/h3-5H,2H2,1H3;3-4H,1-2H2. The summed E-state index contributed by atoms with van der Waals surface area (Å²) in [5, 5.41) is 9.87. The molecule has 0 bridgehead atoms. The molecule has 4 heteroatoms.